The Balaban J connectivity index is 3.02. The molecule has 4 heteroatoms. The smallest absolute Gasteiger partial charge is 0.253 e. The minimum atomic E-state index is -0.214. The summed E-state index contributed by atoms with van der Waals surface area (Å²) in [5, 5.41) is 5.09. The van der Waals surface area contributed by atoms with Gasteiger partial charge in [-0.25, -0.2) is 0 Å². The van der Waals surface area contributed by atoms with Crippen LogP contribution in [0.5, 0.6) is 0 Å². The van der Waals surface area contributed by atoms with Crippen molar-refractivity contribution in [1.82, 2.24) is 5.32 Å². The maximum absolute atomic E-state index is 11.4. The summed E-state index contributed by atoms with van der Waals surface area (Å²) in [4.78, 5) is 22.2. The van der Waals surface area contributed by atoms with Gasteiger partial charge in [-0.1, -0.05) is 12.1 Å². The molecule has 2 N–H and O–H groups in total. The quantitative estimate of drug-likeness (QED) is 0.734. The van der Waals surface area contributed by atoms with E-state index in [1.165, 1.54) is 6.92 Å². The summed E-state index contributed by atoms with van der Waals surface area (Å²) in [6.07, 6.45) is 0. The largest absolute Gasteiger partial charge is 0.355 e. The van der Waals surface area contributed by atoms with Crippen molar-refractivity contribution < 1.29 is 9.59 Å². The van der Waals surface area contributed by atoms with Crippen LogP contribution >= 0.6 is 0 Å². The van der Waals surface area contributed by atoms with Crippen LogP contribution in [-0.4, -0.2) is 18.9 Å². The molecule has 1 rings (SSSR count). The van der Waals surface area contributed by atoms with Gasteiger partial charge in [0.2, 0.25) is 5.91 Å². The lowest BCUT2D eigenvalue weighted by Crippen LogP contribution is -2.20. The first-order chi connectivity index (χ1) is 6.65. The summed E-state index contributed by atoms with van der Waals surface area (Å²) in [6.45, 7) is 1.40. The molecular formula is C10H12N2O2. The molecule has 0 aliphatic rings. The Bertz CT molecular complexity index is 361. The molecule has 2 amide bonds. The van der Waals surface area contributed by atoms with E-state index in [-0.39, 0.29) is 11.8 Å². The SMILES string of the molecule is CNC(=O)c1ccccc1NC(C)=O. The number of para-hydroxylation sites is 1. The second-order valence-electron chi connectivity index (χ2n) is 2.81. The predicted octanol–water partition coefficient (Wildman–Crippen LogP) is 1.00. The van der Waals surface area contributed by atoms with E-state index >= 15 is 0 Å². The van der Waals surface area contributed by atoms with Crippen molar-refractivity contribution >= 4 is 17.5 Å². The molecule has 0 atom stereocenters. The Morgan fingerprint density at radius 1 is 1.21 bits per heavy atom. The number of carbonyl (C=O) groups excluding carboxylic acids is 2. The van der Waals surface area contributed by atoms with Crippen molar-refractivity contribution in [3.63, 3.8) is 0 Å². The lowest BCUT2D eigenvalue weighted by atomic mass is 10.1. The standard InChI is InChI=1S/C10H12N2O2/c1-7(13)12-9-6-4-3-5-8(9)10(14)11-2/h3-6H,1-2H3,(H,11,14)(H,12,13). The molecule has 1 aromatic rings. The maximum Gasteiger partial charge on any atom is 0.253 e. The normalized spacial score (nSPS) is 9.29. The van der Waals surface area contributed by atoms with Gasteiger partial charge in [0.05, 0.1) is 11.3 Å². The zero-order valence-electron chi connectivity index (χ0n) is 8.13. The fourth-order valence-electron chi connectivity index (χ4n) is 1.11. The Morgan fingerprint density at radius 3 is 2.43 bits per heavy atom. The molecule has 0 fully saturated rings. The Hall–Kier alpha value is -1.84. The summed E-state index contributed by atoms with van der Waals surface area (Å²) < 4.78 is 0. The lowest BCUT2D eigenvalue weighted by molar-refractivity contribution is -0.114. The average Bonchev–Trinajstić information content (AvgIpc) is 2.16. The number of amides is 2. The van der Waals surface area contributed by atoms with Crippen molar-refractivity contribution in [2.24, 2.45) is 0 Å². The second-order valence-corrected chi connectivity index (χ2v) is 2.81. The van der Waals surface area contributed by atoms with Gasteiger partial charge in [-0.05, 0) is 12.1 Å². The van der Waals surface area contributed by atoms with Gasteiger partial charge in [0, 0.05) is 14.0 Å². The Labute approximate surface area is 82.3 Å². The van der Waals surface area contributed by atoms with E-state index in [0.717, 1.165) is 0 Å². The van der Waals surface area contributed by atoms with E-state index in [1.807, 2.05) is 0 Å². The molecule has 0 bridgehead atoms. The van der Waals surface area contributed by atoms with E-state index in [1.54, 1.807) is 31.3 Å². The molecule has 0 saturated heterocycles. The number of hydrogen-bond acceptors (Lipinski definition) is 2. The highest BCUT2D eigenvalue weighted by atomic mass is 16.2. The van der Waals surface area contributed by atoms with Crippen molar-refractivity contribution in [1.29, 1.82) is 0 Å². The zero-order chi connectivity index (χ0) is 10.6. The molecular weight excluding hydrogens is 180 g/mol. The molecule has 0 heterocycles. The van der Waals surface area contributed by atoms with Crippen LogP contribution in [0.1, 0.15) is 17.3 Å². The monoisotopic (exact) mass is 192 g/mol. The first-order valence-electron chi connectivity index (χ1n) is 4.24. The summed E-state index contributed by atoms with van der Waals surface area (Å²) >= 11 is 0. The van der Waals surface area contributed by atoms with Crippen LogP contribution < -0.4 is 10.6 Å². The fraction of sp³-hybridized carbons (Fsp3) is 0.200. The van der Waals surface area contributed by atoms with Crippen molar-refractivity contribution in [2.75, 3.05) is 12.4 Å². The topological polar surface area (TPSA) is 58.2 Å². The first-order valence-corrected chi connectivity index (χ1v) is 4.24. The van der Waals surface area contributed by atoms with Gasteiger partial charge in [0.15, 0.2) is 0 Å². The molecule has 0 aliphatic heterocycles. The molecule has 0 spiro atoms. The highest BCUT2D eigenvalue weighted by Gasteiger charge is 2.08. The molecule has 0 aliphatic carbocycles. The number of nitrogens with one attached hydrogen (secondary N) is 2. The Morgan fingerprint density at radius 2 is 1.86 bits per heavy atom. The van der Waals surface area contributed by atoms with Crippen LogP contribution in [0.15, 0.2) is 24.3 Å². The van der Waals surface area contributed by atoms with Gasteiger partial charge >= 0.3 is 0 Å². The van der Waals surface area contributed by atoms with E-state index in [4.69, 9.17) is 0 Å². The molecule has 14 heavy (non-hydrogen) atoms. The number of carbonyl (C=O) groups is 2. The predicted molar refractivity (Wildman–Crippen MR) is 54.1 cm³/mol. The molecule has 1 aromatic carbocycles. The maximum atomic E-state index is 11.4. The third-order valence-corrected chi connectivity index (χ3v) is 1.71. The molecule has 0 aromatic heterocycles. The highest BCUT2D eigenvalue weighted by Crippen LogP contribution is 2.14. The van der Waals surface area contributed by atoms with E-state index < -0.39 is 0 Å². The number of benzene rings is 1. The van der Waals surface area contributed by atoms with Gasteiger partial charge in [-0.2, -0.15) is 0 Å². The summed E-state index contributed by atoms with van der Waals surface area (Å²) in [5.41, 5.74) is 0.990. The molecule has 4 nitrogen and oxygen atoms in total. The van der Waals surface area contributed by atoms with Crippen LogP contribution in [-0.2, 0) is 4.79 Å². The third kappa shape index (κ3) is 2.32. The average molecular weight is 192 g/mol. The summed E-state index contributed by atoms with van der Waals surface area (Å²) in [5.74, 6) is -0.407. The zero-order valence-corrected chi connectivity index (χ0v) is 8.13. The molecule has 74 valence electrons. The van der Waals surface area contributed by atoms with Crippen molar-refractivity contribution in [2.45, 2.75) is 6.92 Å². The van der Waals surface area contributed by atoms with E-state index in [0.29, 0.717) is 11.3 Å². The minimum absolute atomic E-state index is 0.193. The minimum Gasteiger partial charge on any atom is -0.355 e. The van der Waals surface area contributed by atoms with Crippen LogP contribution in [0.2, 0.25) is 0 Å². The second kappa shape index (κ2) is 4.41. The Kier molecular flexibility index (Phi) is 3.23. The van der Waals surface area contributed by atoms with Gasteiger partial charge in [0.1, 0.15) is 0 Å². The van der Waals surface area contributed by atoms with Crippen LogP contribution in [0.3, 0.4) is 0 Å². The number of rotatable bonds is 2. The first kappa shape index (κ1) is 10.2. The van der Waals surface area contributed by atoms with Crippen molar-refractivity contribution in [3.05, 3.63) is 29.8 Å². The van der Waals surface area contributed by atoms with Gasteiger partial charge < -0.3 is 10.6 Å². The van der Waals surface area contributed by atoms with Crippen LogP contribution in [0.25, 0.3) is 0 Å². The number of anilines is 1. The van der Waals surface area contributed by atoms with E-state index in [2.05, 4.69) is 10.6 Å². The number of hydrogen-bond donors (Lipinski definition) is 2. The fourth-order valence-corrected chi connectivity index (χ4v) is 1.11. The lowest BCUT2D eigenvalue weighted by Gasteiger charge is -2.07. The summed E-state index contributed by atoms with van der Waals surface area (Å²) in [7, 11) is 1.55. The van der Waals surface area contributed by atoms with Crippen molar-refractivity contribution in [3.8, 4) is 0 Å². The molecule has 0 unspecified atom stereocenters. The molecule has 0 saturated carbocycles. The van der Waals surface area contributed by atoms with Crippen LogP contribution in [0, 0.1) is 0 Å². The van der Waals surface area contributed by atoms with Gasteiger partial charge in [-0.3, -0.25) is 9.59 Å². The van der Waals surface area contributed by atoms with Gasteiger partial charge in [0.25, 0.3) is 5.91 Å². The van der Waals surface area contributed by atoms with Crippen LogP contribution in [0.4, 0.5) is 5.69 Å². The van der Waals surface area contributed by atoms with E-state index in [9.17, 15) is 9.59 Å². The highest BCUT2D eigenvalue weighted by molar-refractivity contribution is 6.03. The summed E-state index contributed by atoms with van der Waals surface area (Å²) in [6, 6.07) is 6.85. The molecule has 0 radical (unpaired) electrons. The van der Waals surface area contributed by atoms with Gasteiger partial charge in [-0.15, -0.1) is 0 Å². The third-order valence-electron chi connectivity index (χ3n) is 1.71.